The summed E-state index contributed by atoms with van der Waals surface area (Å²) in [6, 6.07) is 4.05. The fourth-order valence-corrected chi connectivity index (χ4v) is 3.26. The zero-order chi connectivity index (χ0) is 13.8. The van der Waals surface area contributed by atoms with Gasteiger partial charge in [-0.25, -0.2) is 17.9 Å². The van der Waals surface area contributed by atoms with Crippen LogP contribution in [0.4, 0.5) is 0 Å². The largest absolute Gasteiger partial charge is 0.478 e. The lowest BCUT2D eigenvalue weighted by Crippen LogP contribution is -2.26. The van der Waals surface area contributed by atoms with Gasteiger partial charge in [-0.1, -0.05) is 0 Å². The van der Waals surface area contributed by atoms with E-state index in [2.05, 4.69) is 4.72 Å². The van der Waals surface area contributed by atoms with E-state index in [1.807, 2.05) is 28.8 Å². The molecule has 0 aliphatic heterocycles. The minimum Gasteiger partial charge on any atom is -0.478 e. The first-order valence-corrected chi connectivity index (χ1v) is 8.85. The van der Waals surface area contributed by atoms with Crippen molar-refractivity contribution < 1.29 is 18.3 Å². The average molecular weight is 401 g/mol. The highest BCUT2D eigenvalue weighted by Gasteiger charge is 2.17. The lowest BCUT2D eigenvalue weighted by molar-refractivity contribution is 0.0695. The van der Waals surface area contributed by atoms with E-state index in [1.165, 1.54) is 30.0 Å². The predicted octanol–water partition coefficient (Wildman–Crippen LogP) is 1.63. The third-order valence-electron chi connectivity index (χ3n) is 2.08. The third kappa shape index (κ3) is 4.11. The molecule has 0 unspecified atom stereocenters. The molecule has 0 atom stereocenters. The molecular weight excluding hydrogens is 389 g/mol. The van der Waals surface area contributed by atoms with Crippen molar-refractivity contribution in [2.75, 3.05) is 18.6 Å². The number of carbonyl (C=O) groups is 1. The summed E-state index contributed by atoms with van der Waals surface area (Å²) in [6.45, 7) is 0.317. The van der Waals surface area contributed by atoms with Crippen molar-refractivity contribution in [3.8, 4) is 0 Å². The summed E-state index contributed by atoms with van der Waals surface area (Å²) >= 11 is 3.38. The number of carboxylic acid groups (broad SMARTS) is 1. The van der Waals surface area contributed by atoms with E-state index >= 15 is 0 Å². The van der Waals surface area contributed by atoms with Gasteiger partial charge in [-0.15, -0.1) is 0 Å². The van der Waals surface area contributed by atoms with Gasteiger partial charge in [-0.2, -0.15) is 11.8 Å². The van der Waals surface area contributed by atoms with E-state index in [9.17, 15) is 13.2 Å². The van der Waals surface area contributed by atoms with Crippen LogP contribution in [0.3, 0.4) is 0 Å². The molecule has 0 aliphatic carbocycles. The van der Waals surface area contributed by atoms with Crippen molar-refractivity contribution in [1.29, 1.82) is 0 Å². The number of hydrogen-bond donors (Lipinski definition) is 2. The van der Waals surface area contributed by atoms with Crippen molar-refractivity contribution in [2.24, 2.45) is 0 Å². The van der Waals surface area contributed by atoms with E-state index < -0.39 is 16.0 Å². The van der Waals surface area contributed by atoms with Crippen molar-refractivity contribution in [3.63, 3.8) is 0 Å². The van der Waals surface area contributed by atoms with E-state index in [4.69, 9.17) is 5.11 Å². The van der Waals surface area contributed by atoms with Crippen molar-refractivity contribution in [2.45, 2.75) is 4.90 Å². The van der Waals surface area contributed by atoms with Gasteiger partial charge >= 0.3 is 5.97 Å². The van der Waals surface area contributed by atoms with Crippen LogP contribution < -0.4 is 4.72 Å². The lowest BCUT2D eigenvalue weighted by Gasteiger charge is -2.07. The van der Waals surface area contributed by atoms with E-state index in [0.717, 1.165) is 0 Å². The van der Waals surface area contributed by atoms with Gasteiger partial charge in [0, 0.05) is 15.9 Å². The second-order valence-corrected chi connectivity index (χ2v) is 7.25. The van der Waals surface area contributed by atoms with Crippen LogP contribution in [0.2, 0.25) is 0 Å². The normalized spacial score (nSPS) is 11.4. The summed E-state index contributed by atoms with van der Waals surface area (Å²) in [7, 11) is -3.64. The Labute approximate surface area is 124 Å². The molecule has 0 heterocycles. The number of thioether (sulfide) groups is 1. The van der Waals surface area contributed by atoms with Crippen LogP contribution >= 0.6 is 34.4 Å². The van der Waals surface area contributed by atoms with Gasteiger partial charge in [-0.3, -0.25) is 0 Å². The van der Waals surface area contributed by atoms with Crippen LogP contribution in [-0.2, 0) is 10.0 Å². The number of sulfonamides is 1. The first-order chi connectivity index (χ1) is 8.38. The number of hydrogen-bond acceptors (Lipinski definition) is 4. The first kappa shape index (κ1) is 15.7. The molecule has 0 spiro atoms. The monoisotopic (exact) mass is 401 g/mol. The molecule has 0 bridgehead atoms. The SMILES string of the molecule is CSCCNS(=O)(=O)c1ccc(I)c(C(=O)O)c1. The molecule has 0 radical (unpaired) electrons. The summed E-state index contributed by atoms with van der Waals surface area (Å²) in [5.41, 5.74) is -0.0108. The summed E-state index contributed by atoms with van der Waals surface area (Å²) in [5.74, 6) is -0.476. The van der Waals surface area contributed by atoms with E-state index in [-0.39, 0.29) is 10.5 Å². The molecule has 0 saturated heterocycles. The molecule has 1 aromatic carbocycles. The second kappa shape index (κ2) is 6.73. The molecule has 100 valence electrons. The van der Waals surface area contributed by atoms with Crippen molar-refractivity contribution >= 4 is 50.3 Å². The number of aromatic carboxylic acids is 1. The van der Waals surface area contributed by atoms with Gasteiger partial charge in [0.2, 0.25) is 10.0 Å². The highest BCUT2D eigenvalue weighted by molar-refractivity contribution is 14.1. The number of nitrogens with one attached hydrogen (secondary N) is 1. The minimum absolute atomic E-state index is 0.0108. The van der Waals surface area contributed by atoms with Gasteiger partial charge in [0.15, 0.2) is 0 Å². The maximum atomic E-state index is 11.9. The van der Waals surface area contributed by atoms with Crippen LogP contribution in [-0.4, -0.2) is 38.0 Å². The summed E-state index contributed by atoms with van der Waals surface area (Å²) in [4.78, 5) is 10.9. The van der Waals surface area contributed by atoms with Crippen LogP contribution in [0.25, 0.3) is 0 Å². The zero-order valence-corrected chi connectivity index (χ0v) is 13.3. The van der Waals surface area contributed by atoms with Gasteiger partial charge in [0.1, 0.15) is 0 Å². The summed E-state index contributed by atoms with van der Waals surface area (Å²) in [6.07, 6.45) is 1.88. The highest BCUT2D eigenvalue weighted by atomic mass is 127. The topological polar surface area (TPSA) is 83.5 Å². The van der Waals surface area contributed by atoms with E-state index in [1.54, 1.807) is 0 Å². The number of benzene rings is 1. The van der Waals surface area contributed by atoms with Crippen LogP contribution in [0.5, 0.6) is 0 Å². The molecule has 0 saturated carbocycles. The van der Waals surface area contributed by atoms with Gasteiger partial charge in [-0.05, 0) is 47.0 Å². The predicted molar refractivity (Wildman–Crippen MR) is 79.7 cm³/mol. The zero-order valence-electron chi connectivity index (χ0n) is 9.51. The molecule has 0 aromatic heterocycles. The third-order valence-corrected chi connectivity index (χ3v) is 5.09. The van der Waals surface area contributed by atoms with Gasteiger partial charge < -0.3 is 5.11 Å². The molecule has 18 heavy (non-hydrogen) atoms. The van der Waals surface area contributed by atoms with Crippen LogP contribution in [0.1, 0.15) is 10.4 Å². The van der Waals surface area contributed by atoms with Crippen LogP contribution in [0.15, 0.2) is 23.1 Å². The minimum atomic E-state index is -3.64. The van der Waals surface area contributed by atoms with Crippen molar-refractivity contribution in [1.82, 2.24) is 4.72 Å². The fourth-order valence-electron chi connectivity index (χ4n) is 1.20. The van der Waals surface area contributed by atoms with Crippen LogP contribution in [0, 0.1) is 3.57 Å². The molecule has 0 fully saturated rings. The Hall–Kier alpha value is -0.320. The molecule has 1 rings (SSSR count). The quantitative estimate of drug-likeness (QED) is 0.559. The molecule has 2 N–H and O–H groups in total. The smallest absolute Gasteiger partial charge is 0.336 e. The molecule has 0 amide bonds. The second-order valence-electron chi connectivity index (χ2n) is 3.34. The van der Waals surface area contributed by atoms with Gasteiger partial charge in [0.05, 0.1) is 10.5 Å². The number of carboxylic acids is 1. The Kier molecular flexibility index (Phi) is 5.89. The maximum Gasteiger partial charge on any atom is 0.336 e. The van der Waals surface area contributed by atoms with Gasteiger partial charge in [0.25, 0.3) is 0 Å². The Morgan fingerprint density at radius 2 is 2.17 bits per heavy atom. The Morgan fingerprint density at radius 1 is 1.50 bits per heavy atom. The lowest BCUT2D eigenvalue weighted by atomic mass is 10.2. The molecule has 5 nitrogen and oxygen atoms in total. The fraction of sp³-hybridized carbons (Fsp3) is 0.300. The summed E-state index contributed by atoms with van der Waals surface area (Å²) in [5, 5.41) is 8.95. The Morgan fingerprint density at radius 3 is 2.72 bits per heavy atom. The molecule has 8 heteroatoms. The molecular formula is C10H12INO4S2. The Balaban J connectivity index is 3.02. The number of halogens is 1. The van der Waals surface area contributed by atoms with E-state index in [0.29, 0.717) is 15.9 Å². The first-order valence-electron chi connectivity index (χ1n) is 4.90. The van der Waals surface area contributed by atoms with Crippen molar-refractivity contribution in [3.05, 3.63) is 27.3 Å². The standard InChI is InChI=1S/C10H12INO4S2/c1-17-5-4-12-18(15,16)7-2-3-9(11)8(6-7)10(13)14/h2-3,6,12H,4-5H2,1H3,(H,13,14). The molecule has 1 aromatic rings. The molecule has 0 aliphatic rings. The highest BCUT2D eigenvalue weighted by Crippen LogP contribution is 2.17. The maximum absolute atomic E-state index is 11.9. The average Bonchev–Trinajstić information content (AvgIpc) is 2.29. The Bertz CT molecular complexity index is 545. The number of rotatable bonds is 6. The summed E-state index contributed by atoms with van der Waals surface area (Å²) < 4.78 is 26.7.